The van der Waals surface area contributed by atoms with E-state index in [9.17, 15) is 29.3 Å². The highest BCUT2D eigenvalue weighted by atomic mass is 31.2. The highest BCUT2D eigenvalue weighted by molar-refractivity contribution is 7.47. The van der Waals surface area contributed by atoms with Crippen molar-refractivity contribution in [1.82, 2.24) is 0 Å². The number of hydrogen-bond donors (Lipinski definition) is 3. The molecule has 0 spiro atoms. The fraction of sp³-hybridized carbons (Fsp3) is 0.879. The maximum absolute atomic E-state index is 12.2. The molecule has 3 atom stereocenters. The molecule has 0 aliphatic rings. The molecule has 0 aliphatic carbocycles. The molecule has 0 amide bonds. The lowest BCUT2D eigenvalue weighted by Crippen LogP contribution is -2.28. The van der Waals surface area contributed by atoms with Crippen LogP contribution in [0.25, 0.3) is 0 Å². The molecule has 0 rings (SSSR count). The summed E-state index contributed by atoms with van der Waals surface area (Å²) in [5.74, 6) is -1.04. The molecule has 0 aliphatic heterocycles. The number of carbonyl (C=O) groups excluding carboxylic acids is 2. The van der Waals surface area contributed by atoms with E-state index < -0.39 is 58.4 Å². The first-order chi connectivity index (χ1) is 21.3. The Morgan fingerprint density at radius 3 is 1.30 bits per heavy atom. The Bertz CT molecular complexity index is 761. The fourth-order valence-corrected chi connectivity index (χ4v) is 5.30. The Morgan fingerprint density at radius 2 is 0.932 bits per heavy atom. The molecule has 0 heterocycles. The zero-order chi connectivity index (χ0) is 32.7. The van der Waals surface area contributed by atoms with Gasteiger partial charge in [0.2, 0.25) is 0 Å². The van der Waals surface area contributed by atoms with Crippen LogP contribution >= 0.6 is 7.82 Å². The summed E-state index contributed by atoms with van der Waals surface area (Å²) in [5, 5.41) is 18.9. The lowest BCUT2D eigenvalue weighted by atomic mass is 10.1. The summed E-state index contributed by atoms with van der Waals surface area (Å²) in [7, 11) is -4.61. The van der Waals surface area contributed by atoms with Crippen LogP contribution < -0.4 is 0 Å². The normalized spacial score (nSPS) is 14.4. The highest BCUT2D eigenvalue weighted by Gasteiger charge is 2.27. The number of rotatable bonds is 32. The second kappa shape index (κ2) is 30.4. The van der Waals surface area contributed by atoms with Gasteiger partial charge in [-0.1, -0.05) is 109 Å². The summed E-state index contributed by atoms with van der Waals surface area (Å²) >= 11 is 0. The Hall–Kier alpha value is -1.29. The Labute approximate surface area is 266 Å². The molecule has 10 nitrogen and oxygen atoms in total. The zero-order valence-corrected chi connectivity index (χ0v) is 28.5. The predicted octanol–water partition coefficient (Wildman–Crippen LogP) is 7.72. The molecule has 0 radical (unpaired) electrons. The van der Waals surface area contributed by atoms with E-state index >= 15 is 0 Å². The van der Waals surface area contributed by atoms with Crippen molar-refractivity contribution >= 4 is 19.8 Å². The van der Waals surface area contributed by atoms with Gasteiger partial charge in [0.05, 0.1) is 26.4 Å². The molecular formula is C33H63O10P. The van der Waals surface area contributed by atoms with Crippen LogP contribution in [0.4, 0.5) is 0 Å². The van der Waals surface area contributed by atoms with E-state index in [4.69, 9.17) is 18.5 Å². The first-order valence-electron chi connectivity index (χ1n) is 17.1. The molecule has 0 aromatic carbocycles. The number of carbonyl (C=O) groups is 2. The lowest BCUT2D eigenvalue weighted by molar-refractivity contribution is -0.153. The van der Waals surface area contributed by atoms with E-state index in [0.717, 1.165) is 57.8 Å². The van der Waals surface area contributed by atoms with Crippen molar-refractivity contribution in [2.24, 2.45) is 0 Å². The number of phosphoric ester groups is 1. The van der Waals surface area contributed by atoms with Crippen LogP contribution in [-0.4, -0.2) is 65.7 Å². The van der Waals surface area contributed by atoms with Gasteiger partial charge in [0.15, 0.2) is 0 Å². The van der Waals surface area contributed by atoms with Crippen LogP contribution in [0.2, 0.25) is 0 Å². The summed E-state index contributed by atoms with van der Waals surface area (Å²) in [6.07, 6.45) is 23.9. The quantitative estimate of drug-likeness (QED) is 0.0286. The van der Waals surface area contributed by atoms with Crippen molar-refractivity contribution in [3.63, 3.8) is 0 Å². The average Bonchev–Trinajstić information content (AvgIpc) is 3.00. The van der Waals surface area contributed by atoms with Crippen LogP contribution in [0.1, 0.15) is 149 Å². The van der Waals surface area contributed by atoms with Gasteiger partial charge in [0, 0.05) is 12.8 Å². The maximum Gasteiger partial charge on any atom is 0.472 e. The van der Waals surface area contributed by atoms with Crippen molar-refractivity contribution in [3.05, 3.63) is 12.2 Å². The number of allylic oxidation sites excluding steroid dienone is 2. The first-order valence-corrected chi connectivity index (χ1v) is 18.6. The summed E-state index contributed by atoms with van der Waals surface area (Å²) in [5.41, 5.74) is 0. The Kier molecular flexibility index (Phi) is 29.5. The zero-order valence-electron chi connectivity index (χ0n) is 27.6. The highest BCUT2D eigenvalue weighted by Crippen LogP contribution is 2.43. The van der Waals surface area contributed by atoms with Crippen molar-refractivity contribution in [3.8, 4) is 0 Å². The minimum Gasteiger partial charge on any atom is -0.457 e. The lowest BCUT2D eigenvalue weighted by Gasteiger charge is -2.20. The van der Waals surface area contributed by atoms with E-state index in [0.29, 0.717) is 12.8 Å². The van der Waals surface area contributed by atoms with E-state index in [2.05, 4.69) is 26.0 Å². The van der Waals surface area contributed by atoms with Crippen LogP contribution in [-0.2, 0) is 32.7 Å². The van der Waals surface area contributed by atoms with Crippen molar-refractivity contribution in [2.75, 3.05) is 26.4 Å². The summed E-state index contributed by atoms with van der Waals surface area (Å²) in [6, 6.07) is 0. The minimum atomic E-state index is -4.61. The second-order valence-electron chi connectivity index (χ2n) is 11.5. The molecule has 0 aromatic rings. The smallest absolute Gasteiger partial charge is 0.457 e. The third-order valence-electron chi connectivity index (χ3n) is 7.23. The topological polar surface area (TPSA) is 149 Å². The molecule has 11 heteroatoms. The largest absolute Gasteiger partial charge is 0.472 e. The fourth-order valence-electron chi connectivity index (χ4n) is 4.52. The molecule has 260 valence electrons. The van der Waals surface area contributed by atoms with Gasteiger partial charge < -0.3 is 24.6 Å². The molecule has 0 saturated carbocycles. The minimum absolute atomic E-state index is 0.185. The Morgan fingerprint density at radius 1 is 0.591 bits per heavy atom. The van der Waals surface area contributed by atoms with Gasteiger partial charge in [0.1, 0.15) is 12.2 Å². The molecule has 0 bridgehead atoms. The molecular weight excluding hydrogens is 587 g/mol. The van der Waals surface area contributed by atoms with E-state index in [-0.39, 0.29) is 12.8 Å². The first kappa shape index (κ1) is 42.7. The molecule has 44 heavy (non-hydrogen) atoms. The van der Waals surface area contributed by atoms with Gasteiger partial charge >= 0.3 is 19.8 Å². The predicted molar refractivity (Wildman–Crippen MR) is 173 cm³/mol. The number of aliphatic hydroxyl groups is 2. The van der Waals surface area contributed by atoms with Crippen LogP contribution in [0, 0.1) is 0 Å². The second-order valence-corrected chi connectivity index (χ2v) is 13.0. The molecule has 0 fully saturated rings. The molecule has 3 N–H and O–H groups in total. The third kappa shape index (κ3) is 28.2. The van der Waals surface area contributed by atoms with Gasteiger partial charge in [-0.2, -0.15) is 0 Å². The van der Waals surface area contributed by atoms with Gasteiger partial charge in [0.25, 0.3) is 0 Å². The van der Waals surface area contributed by atoms with Crippen LogP contribution in [0.5, 0.6) is 0 Å². The van der Waals surface area contributed by atoms with E-state index in [1.807, 2.05) is 0 Å². The Balaban J connectivity index is 3.96. The number of ether oxygens (including phenoxy) is 2. The van der Waals surface area contributed by atoms with Gasteiger partial charge in [-0.3, -0.25) is 18.6 Å². The maximum atomic E-state index is 12.2. The summed E-state index contributed by atoms with van der Waals surface area (Å²) in [6.45, 7) is 2.06. The number of esters is 2. The van der Waals surface area contributed by atoms with Gasteiger partial charge in [-0.15, -0.1) is 0 Å². The van der Waals surface area contributed by atoms with Crippen molar-refractivity contribution in [1.29, 1.82) is 0 Å². The van der Waals surface area contributed by atoms with Crippen molar-refractivity contribution in [2.45, 2.75) is 161 Å². The van der Waals surface area contributed by atoms with Gasteiger partial charge in [-0.05, 0) is 38.5 Å². The number of aliphatic hydroxyl groups excluding tert-OH is 2. The van der Waals surface area contributed by atoms with Crippen LogP contribution in [0.3, 0.4) is 0 Å². The third-order valence-corrected chi connectivity index (χ3v) is 8.18. The van der Waals surface area contributed by atoms with E-state index in [1.165, 1.54) is 51.4 Å². The number of unbranched alkanes of at least 4 members (excludes halogenated alkanes) is 16. The molecule has 0 aromatic heterocycles. The van der Waals surface area contributed by atoms with Crippen molar-refractivity contribution < 1.29 is 47.8 Å². The SMILES string of the molecule is CCCCCCCCC/C=C\CCCCCCCC(=O)OC(CO)COP(=O)(O)OCC(CO)OC(=O)CCCCCCC. The monoisotopic (exact) mass is 650 g/mol. The molecule has 3 unspecified atom stereocenters. The van der Waals surface area contributed by atoms with Crippen LogP contribution in [0.15, 0.2) is 12.2 Å². The summed E-state index contributed by atoms with van der Waals surface area (Å²) in [4.78, 5) is 34.0. The summed E-state index contributed by atoms with van der Waals surface area (Å²) < 4.78 is 32.1. The number of phosphoric acid groups is 1. The standard InChI is InChI=1S/C33H63O10P/c1-3-5-7-9-10-11-12-13-14-15-16-17-18-19-21-23-25-33(37)43-31(27-35)29-41-44(38,39)40-28-30(26-34)42-32(36)24-22-20-8-6-4-2/h14-15,30-31,34-35H,3-13,16-29H2,1-2H3,(H,38,39)/b15-14-. The van der Waals surface area contributed by atoms with E-state index in [1.54, 1.807) is 0 Å². The molecule has 0 saturated heterocycles. The van der Waals surface area contributed by atoms with Gasteiger partial charge in [-0.25, -0.2) is 4.57 Å². The number of hydrogen-bond acceptors (Lipinski definition) is 9. The average molecular weight is 651 g/mol.